The molecule has 0 saturated carbocycles. The lowest BCUT2D eigenvalue weighted by molar-refractivity contribution is -0.143. The maximum absolute atomic E-state index is 13.6. The van der Waals surface area contributed by atoms with Gasteiger partial charge in [0.1, 0.15) is 11.6 Å². The summed E-state index contributed by atoms with van der Waals surface area (Å²) >= 11 is 0. The number of amides is 1. The second-order valence-corrected chi connectivity index (χ2v) is 5.71. The summed E-state index contributed by atoms with van der Waals surface area (Å²) < 4.78 is 67.4. The van der Waals surface area contributed by atoms with E-state index >= 15 is 0 Å². The summed E-state index contributed by atoms with van der Waals surface area (Å²) in [5, 5.41) is 5.96. The van der Waals surface area contributed by atoms with Gasteiger partial charge in [0.25, 0.3) is 5.91 Å². The van der Waals surface area contributed by atoms with Gasteiger partial charge in [0.2, 0.25) is 0 Å². The monoisotopic (exact) mass is 381 g/mol. The van der Waals surface area contributed by atoms with Gasteiger partial charge >= 0.3 is 6.18 Å². The highest BCUT2D eigenvalue weighted by Gasteiger charge is 2.40. The number of hydrogen-bond donors (Lipinski definition) is 1. The predicted octanol–water partition coefficient (Wildman–Crippen LogP) is 4.73. The molecule has 0 saturated heterocycles. The first-order valence-corrected chi connectivity index (χ1v) is 7.65. The number of carbonyl (C=O) groups excluding carboxylic acids is 1. The maximum atomic E-state index is 13.6. The van der Waals surface area contributed by atoms with Gasteiger partial charge in [-0.15, -0.1) is 0 Å². The van der Waals surface area contributed by atoms with Crippen molar-refractivity contribution in [1.82, 2.24) is 9.78 Å². The quantitative estimate of drug-likeness (QED) is 0.667. The molecule has 9 heteroatoms. The van der Waals surface area contributed by atoms with Gasteiger partial charge in [-0.1, -0.05) is 0 Å². The van der Waals surface area contributed by atoms with E-state index in [1.54, 1.807) is 0 Å². The molecule has 0 fully saturated rings. The van der Waals surface area contributed by atoms with Crippen LogP contribution < -0.4 is 5.32 Å². The molecule has 1 N–H and O–H groups in total. The number of benzene rings is 2. The first-order chi connectivity index (χ1) is 12.7. The SMILES string of the molecule is Cc1cc(F)ccc1NC(=O)c1cnn(-c2ccc(F)cc2)c1C(F)(F)F. The number of aryl methyl sites for hydroxylation is 1. The average Bonchev–Trinajstić information content (AvgIpc) is 3.03. The molecule has 140 valence electrons. The zero-order valence-electron chi connectivity index (χ0n) is 13.8. The Bertz CT molecular complexity index is 993. The molecular formula is C18H12F5N3O. The van der Waals surface area contributed by atoms with Crippen molar-refractivity contribution in [1.29, 1.82) is 0 Å². The molecule has 1 heterocycles. The molecule has 1 amide bonds. The molecule has 2 aromatic carbocycles. The number of nitrogens with zero attached hydrogens (tertiary/aromatic N) is 2. The van der Waals surface area contributed by atoms with Crippen LogP contribution >= 0.6 is 0 Å². The fourth-order valence-corrected chi connectivity index (χ4v) is 2.52. The number of rotatable bonds is 3. The first-order valence-electron chi connectivity index (χ1n) is 7.65. The Balaban J connectivity index is 2.02. The zero-order valence-corrected chi connectivity index (χ0v) is 13.8. The van der Waals surface area contributed by atoms with Crippen LogP contribution in [0.3, 0.4) is 0 Å². The maximum Gasteiger partial charge on any atom is 0.434 e. The molecule has 4 nitrogen and oxygen atoms in total. The van der Waals surface area contributed by atoms with Crippen LogP contribution in [0.4, 0.5) is 27.6 Å². The summed E-state index contributed by atoms with van der Waals surface area (Å²) in [6.45, 7) is 1.51. The molecule has 1 aromatic heterocycles. The number of halogens is 5. The van der Waals surface area contributed by atoms with Crippen molar-refractivity contribution in [2.24, 2.45) is 0 Å². The minimum absolute atomic E-state index is 0.0549. The topological polar surface area (TPSA) is 46.9 Å². The Hall–Kier alpha value is -3.23. The Morgan fingerprint density at radius 2 is 1.67 bits per heavy atom. The van der Waals surface area contributed by atoms with Crippen LogP contribution in [-0.4, -0.2) is 15.7 Å². The van der Waals surface area contributed by atoms with Crippen molar-refractivity contribution >= 4 is 11.6 Å². The Kier molecular flexibility index (Phi) is 4.69. The van der Waals surface area contributed by atoms with Gasteiger partial charge in [-0.25, -0.2) is 13.5 Å². The van der Waals surface area contributed by atoms with Crippen molar-refractivity contribution in [3.63, 3.8) is 0 Å². The molecule has 0 radical (unpaired) electrons. The number of hydrogen-bond acceptors (Lipinski definition) is 2. The van der Waals surface area contributed by atoms with Crippen molar-refractivity contribution < 1.29 is 26.7 Å². The predicted molar refractivity (Wildman–Crippen MR) is 87.6 cm³/mol. The van der Waals surface area contributed by atoms with Crippen molar-refractivity contribution in [2.75, 3.05) is 5.32 Å². The summed E-state index contributed by atoms with van der Waals surface area (Å²) in [5.41, 5.74) is -1.55. The zero-order chi connectivity index (χ0) is 19.8. The Morgan fingerprint density at radius 3 is 2.26 bits per heavy atom. The van der Waals surface area contributed by atoms with Gasteiger partial charge in [-0.05, 0) is 55.0 Å². The molecule has 0 atom stereocenters. The third-order valence-electron chi connectivity index (χ3n) is 3.79. The second-order valence-electron chi connectivity index (χ2n) is 5.71. The van der Waals surface area contributed by atoms with E-state index in [1.165, 1.54) is 13.0 Å². The summed E-state index contributed by atoms with van der Waals surface area (Å²) in [5.74, 6) is -2.21. The molecule has 0 aliphatic rings. The summed E-state index contributed by atoms with van der Waals surface area (Å²) in [7, 11) is 0. The van der Waals surface area contributed by atoms with Gasteiger partial charge < -0.3 is 5.32 Å². The van der Waals surface area contributed by atoms with E-state index < -0.39 is 35.0 Å². The molecule has 0 aliphatic heterocycles. The van der Waals surface area contributed by atoms with Crippen LogP contribution in [0.25, 0.3) is 5.69 Å². The summed E-state index contributed by atoms with van der Waals surface area (Å²) in [6, 6.07) is 7.67. The molecule has 27 heavy (non-hydrogen) atoms. The minimum atomic E-state index is -4.89. The highest BCUT2D eigenvalue weighted by molar-refractivity contribution is 6.05. The molecule has 3 aromatic rings. The molecule has 0 spiro atoms. The van der Waals surface area contributed by atoms with E-state index in [9.17, 15) is 26.7 Å². The Morgan fingerprint density at radius 1 is 1.04 bits per heavy atom. The molecular weight excluding hydrogens is 369 g/mol. The van der Waals surface area contributed by atoms with Crippen LogP contribution in [0.5, 0.6) is 0 Å². The van der Waals surface area contributed by atoms with Crippen molar-refractivity contribution in [3.8, 4) is 5.69 Å². The number of alkyl halides is 3. The molecule has 0 unspecified atom stereocenters. The fraction of sp³-hybridized carbons (Fsp3) is 0.111. The number of carbonyl (C=O) groups is 1. The lowest BCUT2D eigenvalue weighted by Crippen LogP contribution is -2.21. The van der Waals surface area contributed by atoms with Gasteiger partial charge in [0.05, 0.1) is 17.4 Å². The smallest absolute Gasteiger partial charge is 0.322 e. The van der Waals surface area contributed by atoms with Gasteiger partial charge in [0, 0.05) is 5.69 Å². The lowest BCUT2D eigenvalue weighted by atomic mass is 10.1. The molecule has 0 bridgehead atoms. The van der Waals surface area contributed by atoms with Gasteiger partial charge in [-0.3, -0.25) is 4.79 Å². The highest BCUT2D eigenvalue weighted by Crippen LogP contribution is 2.34. The molecule has 3 rings (SSSR count). The van der Waals surface area contributed by atoms with Crippen molar-refractivity contribution in [2.45, 2.75) is 13.1 Å². The van der Waals surface area contributed by atoms with Crippen LogP contribution in [-0.2, 0) is 6.18 Å². The van der Waals surface area contributed by atoms with Crippen LogP contribution in [0.1, 0.15) is 21.6 Å². The highest BCUT2D eigenvalue weighted by atomic mass is 19.4. The first kappa shape index (κ1) is 18.6. The summed E-state index contributed by atoms with van der Waals surface area (Å²) in [4.78, 5) is 12.4. The third kappa shape index (κ3) is 3.81. The average molecular weight is 381 g/mol. The standard InChI is InChI=1S/C18H12F5N3O/c1-10-8-12(20)4-7-15(10)25-17(27)14-9-24-26(16(14)18(21,22)23)13-5-2-11(19)3-6-13/h2-9H,1H3,(H,25,27). The van der Waals surface area contributed by atoms with Crippen LogP contribution in [0.15, 0.2) is 48.7 Å². The Labute approximate surface area is 150 Å². The van der Waals surface area contributed by atoms with Gasteiger partial charge in [0.15, 0.2) is 5.69 Å². The fourth-order valence-electron chi connectivity index (χ4n) is 2.52. The van der Waals surface area contributed by atoms with E-state index in [0.29, 0.717) is 10.2 Å². The largest absolute Gasteiger partial charge is 0.434 e. The minimum Gasteiger partial charge on any atom is -0.322 e. The molecule has 0 aliphatic carbocycles. The number of nitrogens with one attached hydrogen (secondary N) is 1. The lowest BCUT2D eigenvalue weighted by Gasteiger charge is -2.13. The summed E-state index contributed by atoms with van der Waals surface area (Å²) in [6.07, 6.45) is -4.12. The van der Waals surface area contributed by atoms with E-state index in [-0.39, 0.29) is 11.4 Å². The van der Waals surface area contributed by atoms with E-state index in [4.69, 9.17) is 0 Å². The third-order valence-corrected chi connectivity index (χ3v) is 3.79. The number of aromatic nitrogens is 2. The van der Waals surface area contributed by atoms with Crippen LogP contribution in [0, 0.1) is 18.6 Å². The van der Waals surface area contributed by atoms with Crippen LogP contribution in [0.2, 0.25) is 0 Å². The normalized spacial score (nSPS) is 11.5. The van der Waals surface area contributed by atoms with E-state index in [1.807, 2.05) is 0 Å². The van der Waals surface area contributed by atoms with E-state index in [0.717, 1.165) is 42.6 Å². The second kappa shape index (κ2) is 6.82. The van der Waals surface area contributed by atoms with Crippen molar-refractivity contribution in [3.05, 3.63) is 77.1 Å². The van der Waals surface area contributed by atoms with Gasteiger partial charge in [-0.2, -0.15) is 18.3 Å². The number of anilines is 1. The van der Waals surface area contributed by atoms with E-state index in [2.05, 4.69) is 10.4 Å².